The lowest BCUT2D eigenvalue weighted by molar-refractivity contribution is -0.119. The van der Waals surface area contributed by atoms with Crippen LogP contribution in [-0.4, -0.2) is 47.5 Å². The second-order valence-electron chi connectivity index (χ2n) is 9.37. The molecule has 0 unspecified atom stereocenters. The van der Waals surface area contributed by atoms with Crippen LogP contribution in [0.1, 0.15) is 31.0 Å². The van der Waals surface area contributed by atoms with E-state index in [1.165, 1.54) is 18.9 Å². The van der Waals surface area contributed by atoms with Crippen molar-refractivity contribution in [1.82, 2.24) is 14.8 Å². The zero-order valence-electron chi connectivity index (χ0n) is 23.9. The lowest BCUT2D eigenvalue weighted by atomic mass is 10.2. The van der Waals surface area contributed by atoms with Crippen LogP contribution in [0.25, 0.3) is 5.69 Å². The quantitative estimate of drug-likeness (QED) is 0.130. The smallest absolute Gasteiger partial charge is 0.324 e. The van der Waals surface area contributed by atoms with E-state index in [2.05, 4.69) is 27.9 Å². The van der Waals surface area contributed by atoms with Gasteiger partial charge in [0.15, 0.2) is 0 Å². The standard InChI is InChI=1S/C30H32Cl2N6O4S/c1-4-5-6-20-16-26(38(37-20)21-7-9-22(42-3)10-8-21)36-30(40)34-23-11-12-24(29(32)28(23)31)43-18-19-13-14-33-25(15-19)35-27(39)17-41-2/h7-16H,4-6,17-18H2,1-3H3,(H,33,35,39)(H2,34,36,40). The lowest BCUT2D eigenvalue weighted by Crippen LogP contribution is -2.21. The van der Waals surface area contributed by atoms with E-state index in [0.29, 0.717) is 28.1 Å². The van der Waals surface area contributed by atoms with Gasteiger partial charge in [-0.3, -0.25) is 10.1 Å². The molecule has 4 rings (SSSR count). The molecule has 3 amide bonds. The number of halogens is 2. The summed E-state index contributed by atoms with van der Waals surface area (Å²) in [5, 5.41) is 13.6. The Hall–Kier alpha value is -3.77. The van der Waals surface area contributed by atoms with Crippen molar-refractivity contribution in [2.45, 2.75) is 36.8 Å². The maximum Gasteiger partial charge on any atom is 0.324 e. The van der Waals surface area contributed by atoms with E-state index in [1.807, 2.05) is 36.4 Å². The minimum Gasteiger partial charge on any atom is -0.497 e. The van der Waals surface area contributed by atoms with Crippen LogP contribution in [0.15, 0.2) is 65.7 Å². The van der Waals surface area contributed by atoms with Gasteiger partial charge in [0, 0.05) is 30.0 Å². The summed E-state index contributed by atoms with van der Waals surface area (Å²) in [6.07, 6.45) is 4.42. The van der Waals surface area contributed by atoms with Gasteiger partial charge in [-0.1, -0.05) is 36.5 Å². The maximum atomic E-state index is 13.1. The van der Waals surface area contributed by atoms with E-state index in [9.17, 15) is 9.59 Å². The van der Waals surface area contributed by atoms with E-state index < -0.39 is 6.03 Å². The summed E-state index contributed by atoms with van der Waals surface area (Å²) in [6, 6.07) is 15.9. The highest BCUT2D eigenvalue weighted by Gasteiger charge is 2.16. The Labute approximate surface area is 264 Å². The van der Waals surface area contributed by atoms with Crippen LogP contribution in [-0.2, 0) is 21.7 Å². The number of amides is 3. The summed E-state index contributed by atoms with van der Waals surface area (Å²) < 4.78 is 11.8. The zero-order valence-corrected chi connectivity index (χ0v) is 26.3. The van der Waals surface area contributed by atoms with Crippen molar-refractivity contribution in [3.63, 3.8) is 0 Å². The van der Waals surface area contributed by atoms with E-state index in [1.54, 1.807) is 36.2 Å². The number of hydrogen-bond donors (Lipinski definition) is 3. The van der Waals surface area contributed by atoms with Crippen LogP contribution >= 0.6 is 35.0 Å². The molecule has 2 heterocycles. The molecule has 226 valence electrons. The number of anilines is 3. The highest BCUT2D eigenvalue weighted by molar-refractivity contribution is 7.98. The van der Waals surface area contributed by atoms with Crippen molar-refractivity contribution >= 4 is 64.2 Å². The first-order valence-corrected chi connectivity index (χ1v) is 15.2. The molecule has 3 N–H and O–H groups in total. The number of nitrogens with zero attached hydrogens (tertiary/aromatic N) is 3. The number of urea groups is 1. The highest BCUT2D eigenvalue weighted by atomic mass is 35.5. The first-order chi connectivity index (χ1) is 20.8. The number of carbonyl (C=O) groups is 2. The maximum absolute atomic E-state index is 13.1. The minimum absolute atomic E-state index is 0.0561. The van der Waals surface area contributed by atoms with Gasteiger partial charge >= 0.3 is 6.03 Å². The van der Waals surface area contributed by atoms with Crippen molar-refractivity contribution in [3.8, 4) is 11.4 Å². The number of thioether (sulfide) groups is 1. The van der Waals surface area contributed by atoms with Crippen LogP contribution in [0.3, 0.4) is 0 Å². The number of pyridine rings is 1. The number of carbonyl (C=O) groups excluding carboxylic acids is 2. The van der Waals surface area contributed by atoms with Gasteiger partial charge in [0.1, 0.15) is 24.0 Å². The molecule has 13 heteroatoms. The van der Waals surface area contributed by atoms with Crippen LogP contribution in [0.4, 0.5) is 22.1 Å². The number of aryl methyl sites for hydroxylation is 1. The summed E-state index contributed by atoms with van der Waals surface area (Å²) in [7, 11) is 3.06. The summed E-state index contributed by atoms with van der Waals surface area (Å²) >= 11 is 14.6. The fourth-order valence-electron chi connectivity index (χ4n) is 4.03. The number of methoxy groups -OCH3 is 2. The number of nitrogens with one attached hydrogen (secondary N) is 3. The number of hydrogen-bond acceptors (Lipinski definition) is 7. The number of rotatable bonds is 13. The largest absolute Gasteiger partial charge is 0.497 e. The molecule has 0 aliphatic rings. The molecule has 0 saturated carbocycles. The molecule has 0 radical (unpaired) electrons. The fraction of sp³-hybridized carbons (Fsp3) is 0.267. The average molecular weight is 644 g/mol. The highest BCUT2D eigenvalue weighted by Crippen LogP contribution is 2.39. The van der Waals surface area contributed by atoms with Gasteiger partial charge in [-0.15, -0.1) is 11.8 Å². The van der Waals surface area contributed by atoms with Gasteiger partial charge in [-0.2, -0.15) is 5.10 Å². The Kier molecular flexibility index (Phi) is 11.7. The molecule has 10 nitrogen and oxygen atoms in total. The summed E-state index contributed by atoms with van der Waals surface area (Å²) in [5.41, 5.74) is 2.93. The van der Waals surface area contributed by atoms with Crippen LogP contribution in [0.2, 0.25) is 10.0 Å². The average Bonchev–Trinajstić information content (AvgIpc) is 3.40. The van der Waals surface area contributed by atoms with E-state index in [-0.39, 0.29) is 17.5 Å². The van der Waals surface area contributed by atoms with Crippen LogP contribution in [0, 0.1) is 0 Å². The Morgan fingerprint density at radius 3 is 2.49 bits per heavy atom. The van der Waals surface area contributed by atoms with Gasteiger partial charge in [-0.05, 0) is 66.9 Å². The lowest BCUT2D eigenvalue weighted by Gasteiger charge is -2.13. The topological polar surface area (TPSA) is 119 Å². The van der Waals surface area contributed by atoms with Crippen molar-refractivity contribution in [1.29, 1.82) is 0 Å². The summed E-state index contributed by atoms with van der Waals surface area (Å²) in [5.74, 6) is 1.93. The molecule has 4 aromatic rings. The summed E-state index contributed by atoms with van der Waals surface area (Å²) in [4.78, 5) is 29.7. The van der Waals surface area contributed by atoms with E-state index in [0.717, 1.165) is 46.9 Å². The predicted octanol–water partition coefficient (Wildman–Crippen LogP) is 7.45. The third kappa shape index (κ3) is 8.87. The molecule has 0 saturated heterocycles. The molecule has 2 aromatic carbocycles. The normalized spacial score (nSPS) is 10.8. The van der Waals surface area contributed by atoms with Crippen molar-refractivity contribution in [2.24, 2.45) is 0 Å². The molecule has 0 aliphatic heterocycles. The zero-order chi connectivity index (χ0) is 30.8. The third-order valence-electron chi connectivity index (χ3n) is 6.16. The number of benzene rings is 2. The fourth-order valence-corrected chi connectivity index (χ4v) is 5.52. The molecular weight excluding hydrogens is 611 g/mol. The van der Waals surface area contributed by atoms with Gasteiger partial charge < -0.3 is 20.1 Å². The predicted molar refractivity (Wildman–Crippen MR) is 172 cm³/mol. The number of ether oxygens (including phenoxy) is 2. The van der Waals surface area contributed by atoms with Gasteiger partial charge in [0.05, 0.1) is 34.2 Å². The first-order valence-electron chi connectivity index (χ1n) is 13.5. The Balaban J connectivity index is 1.43. The van der Waals surface area contributed by atoms with Gasteiger partial charge in [-0.25, -0.2) is 14.5 Å². The first kappa shape index (κ1) is 32.2. The number of unbranched alkanes of at least 4 members (excludes halogenated alkanes) is 1. The molecule has 0 spiro atoms. The van der Waals surface area contributed by atoms with Gasteiger partial charge in [0.25, 0.3) is 5.91 Å². The van der Waals surface area contributed by atoms with Gasteiger partial charge in [0.2, 0.25) is 0 Å². The second kappa shape index (κ2) is 15.6. The Morgan fingerprint density at radius 2 is 1.77 bits per heavy atom. The minimum atomic E-state index is -0.491. The second-order valence-corrected chi connectivity index (χ2v) is 11.1. The number of aromatic nitrogens is 3. The molecular formula is C30H32Cl2N6O4S. The Morgan fingerprint density at radius 1 is 0.977 bits per heavy atom. The molecule has 0 bridgehead atoms. The van der Waals surface area contributed by atoms with E-state index >= 15 is 0 Å². The molecule has 0 aliphatic carbocycles. The monoisotopic (exact) mass is 642 g/mol. The summed E-state index contributed by atoms with van der Waals surface area (Å²) in [6.45, 7) is 2.06. The molecule has 2 aromatic heterocycles. The molecule has 0 atom stereocenters. The Bertz CT molecular complexity index is 1560. The third-order valence-corrected chi connectivity index (χ3v) is 8.28. The van der Waals surface area contributed by atoms with Crippen LogP contribution in [0.5, 0.6) is 5.75 Å². The van der Waals surface area contributed by atoms with E-state index in [4.69, 9.17) is 37.8 Å². The van der Waals surface area contributed by atoms with Crippen LogP contribution < -0.4 is 20.7 Å². The van der Waals surface area contributed by atoms with Crippen molar-refractivity contribution < 1.29 is 19.1 Å². The SMILES string of the molecule is CCCCc1cc(NC(=O)Nc2ccc(SCc3ccnc(NC(=O)COC)c3)c(Cl)c2Cl)n(-c2ccc(OC)cc2)n1. The van der Waals surface area contributed by atoms with Crippen molar-refractivity contribution in [3.05, 3.63) is 82.1 Å². The molecule has 43 heavy (non-hydrogen) atoms. The molecule has 0 fully saturated rings. The van der Waals surface area contributed by atoms with Crippen molar-refractivity contribution in [2.75, 3.05) is 36.8 Å².